The summed E-state index contributed by atoms with van der Waals surface area (Å²) in [7, 11) is 0. The second-order valence-corrected chi connectivity index (χ2v) is 9.36. The van der Waals surface area contributed by atoms with Crippen molar-refractivity contribution in [3.63, 3.8) is 0 Å². The maximum absolute atomic E-state index is 14.1. The first-order valence-electron chi connectivity index (χ1n) is 12.1. The minimum Gasteiger partial charge on any atom is -0.488 e. The largest absolute Gasteiger partial charge is 0.488 e. The zero-order chi connectivity index (χ0) is 24.7. The van der Waals surface area contributed by atoms with Crippen LogP contribution in [0.1, 0.15) is 56.2 Å². The first-order valence-corrected chi connectivity index (χ1v) is 12.1. The average molecular weight is 512 g/mol. The molecule has 2 aromatic carbocycles. The molecule has 8 heteroatoms. The van der Waals surface area contributed by atoms with Crippen LogP contribution < -0.4 is 10.1 Å². The molecule has 0 radical (unpaired) electrons. The number of aliphatic carboxylic acids is 1. The second-order valence-electron chi connectivity index (χ2n) is 9.36. The Morgan fingerprint density at radius 2 is 1.80 bits per heavy atom. The van der Waals surface area contributed by atoms with E-state index in [1.807, 2.05) is 0 Å². The van der Waals surface area contributed by atoms with Crippen LogP contribution in [0.25, 0.3) is 0 Å². The smallest absolute Gasteiger partial charge is 0.303 e. The van der Waals surface area contributed by atoms with Crippen LogP contribution in [0, 0.1) is 17.6 Å². The maximum Gasteiger partial charge on any atom is 0.303 e. The fraction of sp³-hybridized carbons (Fsp3) is 0.519. The number of rotatable bonds is 13. The molecule has 0 spiro atoms. The van der Waals surface area contributed by atoms with Gasteiger partial charge in [0.15, 0.2) is 11.6 Å². The molecular formula is C27H36ClF2NO4. The van der Waals surface area contributed by atoms with Gasteiger partial charge in [0.25, 0.3) is 0 Å². The van der Waals surface area contributed by atoms with Gasteiger partial charge in [-0.15, -0.1) is 12.4 Å². The van der Waals surface area contributed by atoms with E-state index in [0.29, 0.717) is 11.5 Å². The average Bonchev–Trinajstić information content (AvgIpc) is 3.23. The fourth-order valence-corrected chi connectivity index (χ4v) is 4.90. The molecule has 0 aliphatic heterocycles. The Hall–Kier alpha value is -2.22. The molecule has 5 nitrogen and oxygen atoms in total. The molecule has 0 unspecified atom stereocenters. The summed E-state index contributed by atoms with van der Waals surface area (Å²) in [6, 6.07) is 10.8. The topological polar surface area (TPSA) is 78.8 Å². The number of nitrogens with one attached hydrogen (secondary N) is 1. The molecule has 0 amide bonds. The van der Waals surface area contributed by atoms with Gasteiger partial charge in [0.1, 0.15) is 12.7 Å². The normalized spacial score (nSPS) is 14.3. The van der Waals surface area contributed by atoms with Crippen LogP contribution in [0.3, 0.4) is 0 Å². The molecule has 3 N–H and O–H groups in total. The number of halogens is 3. The van der Waals surface area contributed by atoms with Crippen molar-refractivity contribution in [2.24, 2.45) is 5.92 Å². The lowest BCUT2D eigenvalue weighted by molar-refractivity contribution is -0.136. The highest BCUT2D eigenvalue weighted by atomic mass is 35.5. The summed E-state index contributed by atoms with van der Waals surface area (Å²) in [5.74, 6) is -3.04. The van der Waals surface area contributed by atoms with Crippen molar-refractivity contribution in [1.82, 2.24) is 5.32 Å². The predicted octanol–water partition coefficient (Wildman–Crippen LogP) is 5.10. The molecule has 1 aliphatic carbocycles. The number of fused-ring (bicyclic) bond motifs is 1. The molecule has 0 bridgehead atoms. The third-order valence-corrected chi connectivity index (χ3v) is 6.99. The summed E-state index contributed by atoms with van der Waals surface area (Å²) in [4.78, 5) is 10.8. The Bertz CT molecular complexity index is 959. The Labute approximate surface area is 212 Å². The lowest BCUT2D eigenvalue weighted by Crippen LogP contribution is -2.49. The van der Waals surface area contributed by atoms with Crippen LogP contribution in [0.15, 0.2) is 36.4 Å². The van der Waals surface area contributed by atoms with Crippen molar-refractivity contribution in [3.05, 3.63) is 64.7 Å². The van der Waals surface area contributed by atoms with Gasteiger partial charge in [-0.2, -0.15) is 4.39 Å². The van der Waals surface area contributed by atoms with Gasteiger partial charge in [-0.3, -0.25) is 4.79 Å². The predicted molar refractivity (Wildman–Crippen MR) is 134 cm³/mol. The summed E-state index contributed by atoms with van der Waals surface area (Å²) >= 11 is 0. The number of aliphatic hydroxyl groups is 1. The number of hydrogen-bond donors (Lipinski definition) is 3. The van der Waals surface area contributed by atoms with E-state index in [1.54, 1.807) is 0 Å². The number of carboxylic acids is 1. The Morgan fingerprint density at radius 1 is 1.17 bits per heavy atom. The number of ether oxygens (including phenoxy) is 1. The third kappa shape index (κ3) is 7.89. The monoisotopic (exact) mass is 511 g/mol. The summed E-state index contributed by atoms with van der Waals surface area (Å²) in [5, 5.41) is 22.8. The van der Waals surface area contributed by atoms with Crippen LogP contribution in [0.4, 0.5) is 8.78 Å². The fourth-order valence-electron chi connectivity index (χ4n) is 4.90. The van der Waals surface area contributed by atoms with E-state index in [1.165, 1.54) is 17.2 Å². The molecular weight excluding hydrogens is 476 g/mol. The number of benzene rings is 2. The maximum atomic E-state index is 14.1. The highest BCUT2D eigenvalue weighted by Crippen LogP contribution is 2.34. The number of carboxylic acid groups (broad SMARTS) is 1. The van der Waals surface area contributed by atoms with Crippen molar-refractivity contribution in [2.45, 2.75) is 70.4 Å². The summed E-state index contributed by atoms with van der Waals surface area (Å²) in [6.45, 7) is 4.35. The highest BCUT2D eigenvalue weighted by molar-refractivity contribution is 5.85. The molecule has 0 saturated heterocycles. The molecule has 1 atom stereocenters. The van der Waals surface area contributed by atoms with Crippen LogP contribution in [-0.2, 0) is 24.1 Å². The SMILES string of the molecule is CCC(CC)(CC1Cc2ccccc2C1)NC[C@@H](O)COc1cc(CCC(=O)O)cc(F)c1F.Cl. The van der Waals surface area contributed by atoms with Crippen molar-refractivity contribution in [3.8, 4) is 5.75 Å². The van der Waals surface area contributed by atoms with E-state index in [4.69, 9.17) is 9.84 Å². The molecule has 0 fully saturated rings. The van der Waals surface area contributed by atoms with Crippen LogP contribution in [0.2, 0.25) is 0 Å². The number of β-amino-alcohol motifs (C(OH)–C–C–N with tert-alkyl or cyclic N) is 1. The van der Waals surface area contributed by atoms with Gasteiger partial charge in [-0.1, -0.05) is 38.1 Å². The van der Waals surface area contributed by atoms with Crippen LogP contribution in [0.5, 0.6) is 5.75 Å². The molecule has 1 aliphatic rings. The standard InChI is InChI=1S/C27H35F2NO4.ClH/c1-3-27(4-2,15-19-11-20-7-5-6-8-21(20)12-19)30-16-22(31)17-34-24-14-18(9-10-25(32)33)13-23(28)26(24)29;/h5-8,13-14,19,22,30-31H,3-4,9-12,15-17H2,1-2H3,(H,32,33);1H/t22-;/m1./s1. The molecule has 2 aromatic rings. The lowest BCUT2D eigenvalue weighted by Gasteiger charge is -2.36. The summed E-state index contributed by atoms with van der Waals surface area (Å²) in [6.07, 6.45) is 3.90. The summed E-state index contributed by atoms with van der Waals surface area (Å²) in [5.41, 5.74) is 3.04. The Kier molecular flexibility index (Phi) is 10.9. The quantitative estimate of drug-likeness (QED) is 0.349. The Balaban J connectivity index is 0.00000432. The minimum absolute atomic E-state index is 0. The first kappa shape index (κ1) is 29.0. The van der Waals surface area contributed by atoms with Crippen LogP contribution in [-0.4, -0.2) is 41.0 Å². The first-order chi connectivity index (χ1) is 16.2. The van der Waals surface area contributed by atoms with Crippen molar-refractivity contribution in [1.29, 1.82) is 0 Å². The number of hydrogen-bond acceptors (Lipinski definition) is 4. The van der Waals surface area contributed by atoms with Crippen molar-refractivity contribution < 1.29 is 28.5 Å². The highest BCUT2D eigenvalue weighted by Gasteiger charge is 2.32. The minimum atomic E-state index is -1.14. The van der Waals surface area contributed by atoms with Crippen LogP contribution >= 0.6 is 12.4 Å². The van der Waals surface area contributed by atoms with Crippen molar-refractivity contribution in [2.75, 3.05) is 13.2 Å². The molecule has 0 saturated carbocycles. The van der Waals surface area contributed by atoms with E-state index in [-0.39, 0.29) is 49.7 Å². The number of aliphatic hydroxyl groups excluding tert-OH is 1. The number of aryl methyl sites for hydroxylation is 1. The van der Waals surface area contributed by atoms with Gasteiger partial charge in [-0.05, 0) is 73.3 Å². The van der Waals surface area contributed by atoms with Gasteiger partial charge >= 0.3 is 5.97 Å². The van der Waals surface area contributed by atoms with E-state index in [0.717, 1.165) is 38.2 Å². The van der Waals surface area contributed by atoms with Gasteiger partial charge in [0.2, 0.25) is 5.82 Å². The van der Waals surface area contributed by atoms with E-state index < -0.39 is 23.7 Å². The Morgan fingerprint density at radius 3 is 2.37 bits per heavy atom. The number of carbonyl (C=O) groups is 1. The molecule has 194 valence electrons. The van der Waals surface area contributed by atoms with E-state index in [9.17, 15) is 18.7 Å². The molecule has 0 aromatic heterocycles. The second kappa shape index (κ2) is 13.2. The molecule has 0 heterocycles. The van der Waals surface area contributed by atoms with Crippen molar-refractivity contribution >= 4 is 18.4 Å². The summed E-state index contributed by atoms with van der Waals surface area (Å²) < 4.78 is 33.4. The van der Waals surface area contributed by atoms with Gasteiger partial charge in [0, 0.05) is 18.5 Å². The van der Waals surface area contributed by atoms with Gasteiger partial charge in [-0.25, -0.2) is 4.39 Å². The zero-order valence-electron chi connectivity index (χ0n) is 20.4. The molecule has 35 heavy (non-hydrogen) atoms. The zero-order valence-corrected chi connectivity index (χ0v) is 21.2. The van der Waals surface area contributed by atoms with Gasteiger partial charge in [0.05, 0.1) is 0 Å². The van der Waals surface area contributed by atoms with Gasteiger partial charge < -0.3 is 20.3 Å². The van der Waals surface area contributed by atoms with E-state index in [2.05, 4.69) is 43.4 Å². The van der Waals surface area contributed by atoms with E-state index >= 15 is 0 Å². The third-order valence-electron chi connectivity index (χ3n) is 6.99. The molecule has 3 rings (SSSR count). The lowest BCUT2D eigenvalue weighted by atomic mass is 9.81.